The van der Waals surface area contributed by atoms with Crippen molar-refractivity contribution in [2.75, 3.05) is 26.2 Å². The Hall–Kier alpha value is -4.66. The molecule has 9 nitrogen and oxygen atoms in total. The molecule has 0 atom stereocenters. The number of anilines is 1. The normalized spacial score (nSPS) is 13.1. The predicted molar refractivity (Wildman–Crippen MR) is 126 cm³/mol. The molecule has 0 saturated heterocycles. The zero-order valence-electron chi connectivity index (χ0n) is 19.3. The zero-order valence-corrected chi connectivity index (χ0v) is 19.3. The molecule has 2 heterocycles. The summed E-state index contributed by atoms with van der Waals surface area (Å²) in [5.74, 6) is -1.72. The summed E-state index contributed by atoms with van der Waals surface area (Å²) in [6.07, 6.45) is 6.60. The molecule has 35 heavy (non-hydrogen) atoms. The molecule has 0 amide bonds. The van der Waals surface area contributed by atoms with Crippen LogP contribution in [0.3, 0.4) is 0 Å². The molecule has 3 aromatic rings. The predicted octanol–water partition coefficient (Wildman–Crippen LogP) is 3.70. The van der Waals surface area contributed by atoms with Crippen molar-refractivity contribution in [2.24, 2.45) is 0 Å². The van der Waals surface area contributed by atoms with Crippen molar-refractivity contribution in [3.8, 4) is 0 Å². The van der Waals surface area contributed by atoms with Crippen molar-refractivity contribution in [3.63, 3.8) is 0 Å². The Labute approximate surface area is 200 Å². The summed E-state index contributed by atoms with van der Waals surface area (Å²) in [7, 11) is 3.68. The fourth-order valence-electron chi connectivity index (χ4n) is 3.67. The van der Waals surface area contributed by atoms with Gasteiger partial charge in [0.15, 0.2) is 11.5 Å². The standard InChI is InChI=1S/C26H22N2O7/c1-32-24(29)17-14-19-23(35-21(27-19)13-16-9-5-4-6-10-16)20(15-17)28-12-8-7-11-18(25(30)33-2)22(28)26(31)34-3/h4-12,14-15H,13H2,1-3H3. The monoisotopic (exact) mass is 474 g/mol. The number of methoxy groups -OCH3 is 3. The van der Waals surface area contributed by atoms with Crippen molar-refractivity contribution in [1.29, 1.82) is 0 Å². The van der Waals surface area contributed by atoms with Gasteiger partial charge in [-0.15, -0.1) is 0 Å². The van der Waals surface area contributed by atoms with Gasteiger partial charge in [0.05, 0.1) is 38.2 Å². The van der Waals surface area contributed by atoms with Crippen LogP contribution in [-0.4, -0.2) is 44.2 Å². The van der Waals surface area contributed by atoms with Gasteiger partial charge in [-0.2, -0.15) is 0 Å². The summed E-state index contributed by atoms with van der Waals surface area (Å²) in [5.41, 5.74) is 1.99. The van der Waals surface area contributed by atoms with Crippen LogP contribution in [0.4, 0.5) is 5.69 Å². The topological polar surface area (TPSA) is 108 Å². The van der Waals surface area contributed by atoms with Gasteiger partial charge in [-0.3, -0.25) is 0 Å². The summed E-state index contributed by atoms with van der Waals surface area (Å²) in [5, 5.41) is 0. The number of ether oxygens (including phenoxy) is 3. The van der Waals surface area contributed by atoms with Gasteiger partial charge in [0.2, 0.25) is 0 Å². The highest BCUT2D eigenvalue weighted by molar-refractivity contribution is 6.07. The SMILES string of the molecule is COC(=O)C1=C(C(=O)OC)N(c2cc(C(=O)OC)cc3nc(Cc4ccccc4)oc23)C=CC=C1. The number of benzene rings is 2. The van der Waals surface area contributed by atoms with Crippen LogP contribution in [0.15, 0.2) is 82.6 Å². The average Bonchev–Trinajstić information content (AvgIpc) is 3.16. The molecule has 0 unspecified atom stereocenters. The van der Waals surface area contributed by atoms with E-state index < -0.39 is 17.9 Å². The second-order valence-corrected chi connectivity index (χ2v) is 7.42. The minimum absolute atomic E-state index is 0.0370. The van der Waals surface area contributed by atoms with Crippen LogP contribution in [0, 0.1) is 0 Å². The summed E-state index contributed by atoms with van der Waals surface area (Å²) in [6.45, 7) is 0. The third-order valence-electron chi connectivity index (χ3n) is 5.28. The lowest BCUT2D eigenvalue weighted by atomic mass is 10.1. The Morgan fingerprint density at radius 1 is 0.914 bits per heavy atom. The number of esters is 3. The van der Waals surface area contributed by atoms with Gasteiger partial charge in [0.25, 0.3) is 0 Å². The molecule has 0 aliphatic carbocycles. The van der Waals surface area contributed by atoms with Crippen molar-refractivity contribution in [2.45, 2.75) is 6.42 Å². The highest BCUT2D eigenvalue weighted by Crippen LogP contribution is 2.35. The Balaban J connectivity index is 1.95. The average molecular weight is 474 g/mol. The quantitative estimate of drug-likeness (QED) is 0.390. The summed E-state index contributed by atoms with van der Waals surface area (Å²) in [6, 6.07) is 12.7. The third-order valence-corrected chi connectivity index (χ3v) is 5.28. The van der Waals surface area contributed by atoms with E-state index in [0.717, 1.165) is 5.56 Å². The Morgan fingerprint density at radius 2 is 1.63 bits per heavy atom. The summed E-state index contributed by atoms with van der Waals surface area (Å²) in [4.78, 5) is 43.8. The van der Waals surface area contributed by atoms with Gasteiger partial charge in [-0.1, -0.05) is 36.4 Å². The van der Waals surface area contributed by atoms with Crippen LogP contribution in [0.25, 0.3) is 11.1 Å². The number of carbonyl (C=O) groups is 3. The molecule has 2 aromatic carbocycles. The maximum Gasteiger partial charge on any atom is 0.355 e. The van der Waals surface area contributed by atoms with Crippen LogP contribution in [-0.2, 0) is 30.2 Å². The number of hydrogen-bond acceptors (Lipinski definition) is 9. The van der Waals surface area contributed by atoms with Gasteiger partial charge in [-0.05, 0) is 29.8 Å². The van der Waals surface area contributed by atoms with E-state index in [1.54, 1.807) is 24.4 Å². The lowest BCUT2D eigenvalue weighted by molar-refractivity contribution is -0.139. The van der Waals surface area contributed by atoms with Crippen LogP contribution in [0.5, 0.6) is 0 Å². The van der Waals surface area contributed by atoms with Crippen molar-refractivity contribution in [1.82, 2.24) is 4.98 Å². The molecule has 0 fully saturated rings. The van der Waals surface area contributed by atoms with Crippen LogP contribution < -0.4 is 4.90 Å². The fraction of sp³-hybridized carbons (Fsp3) is 0.154. The molecule has 9 heteroatoms. The molecule has 0 radical (unpaired) electrons. The highest BCUT2D eigenvalue weighted by atomic mass is 16.5. The van der Waals surface area contributed by atoms with Crippen LogP contribution >= 0.6 is 0 Å². The molecule has 0 spiro atoms. The van der Waals surface area contributed by atoms with E-state index >= 15 is 0 Å². The Kier molecular flexibility index (Phi) is 6.77. The fourth-order valence-corrected chi connectivity index (χ4v) is 3.67. The molecule has 1 aliphatic rings. The van der Waals surface area contributed by atoms with E-state index in [1.165, 1.54) is 38.4 Å². The number of carbonyl (C=O) groups excluding carboxylic acids is 3. The second-order valence-electron chi connectivity index (χ2n) is 7.42. The van der Waals surface area contributed by atoms with E-state index in [-0.39, 0.29) is 22.5 Å². The number of fused-ring (bicyclic) bond motifs is 1. The molecular weight excluding hydrogens is 452 g/mol. The number of rotatable bonds is 6. The summed E-state index contributed by atoms with van der Waals surface area (Å²) >= 11 is 0. The van der Waals surface area contributed by atoms with Crippen molar-refractivity contribution >= 4 is 34.7 Å². The van der Waals surface area contributed by atoms with Gasteiger partial charge in [0, 0.05) is 12.6 Å². The Bertz CT molecular complexity index is 1380. The van der Waals surface area contributed by atoms with Gasteiger partial charge in [-0.25, -0.2) is 19.4 Å². The molecule has 178 valence electrons. The second kappa shape index (κ2) is 10.1. The Morgan fingerprint density at radius 3 is 2.31 bits per heavy atom. The van der Waals surface area contributed by atoms with E-state index in [0.29, 0.717) is 23.4 Å². The molecule has 4 rings (SSSR count). The number of oxazole rings is 1. The lowest BCUT2D eigenvalue weighted by Gasteiger charge is -2.23. The van der Waals surface area contributed by atoms with Gasteiger partial charge in [0.1, 0.15) is 11.2 Å². The molecule has 0 saturated carbocycles. The van der Waals surface area contributed by atoms with Crippen molar-refractivity contribution < 1.29 is 33.0 Å². The molecule has 0 N–H and O–H groups in total. The van der Waals surface area contributed by atoms with Crippen LogP contribution in [0.2, 0.25) is 0 Å². The molecular formula is C26H22N2O7. The maximum atomic E-state index is 12.9. The largest absolute Gasteiger partial charge is 0.465 e. The number of allylic oxidation sites excluding steroid dienone is 2. The van der Waals surface area contributed by atoms with E-state index in [4.69, 9.17) is 18.6 Å². The minimum Gasteiger partial charge on any atom is -0.465 e. The maximum absolute atomic E-state index is 12.9. The van der Waals surface area contributed by atoms with Gasteiger partial charge < -0.3 is 23.5 Å². The first-order valence-electron chi connectivity index (χ1n) is 10.6. The first-order chi connectivity index (χ1) is 17.0. The van der Waals surface area contributed by atoms with E-state index in [2.05, 4.69) is 4.98 Å². The first kappa shape index (κ1) is 23.5. The number of nitrogens with zero attached hydrogens (tertiary/aromatic N) is 2. The van der Waals surface area contributed by atoms with Crippen molar-refractivity contribution in [3.05, 3.63) is 95.2 Å². The first-order valence-corrected chi connectivity index (χ1v) is 10.6. The van der Waals surface area contributed by atoms with E-state index in [1.807, 2.05) is 30.3 Å². The lowest BCUT2D eigenvalue weighted by Crippen LogP contribution is -2.27. The number of hydrogen-bond donors (Lipinski definition) is 0. The number of aromatic nitrogens is 1. The highest BCUT2D eigenvalue weighted by Gasteiger charge is 2.30. The molecule has 0 bridgehead atoms. The molecule has 1 aliphatic heterocycles. The van der Waals surface area contributed by atoms with Crippen LogP contribution in [0.1, 0.15) is 21.8 Å². The zero-order chi connectivity index (χ0) is 24.9. The smallest absolute Gasteiger partial charge is 0.355 e. The minimum atomic E-state index is -0.790. The third kappa shape index (κ3) is 4.70. The van der Waals surface area contributed by atoms with E-state index in [9.17, 15) is 14.4 Å². The summed E-state index contributed by atoms with van der Waals surface area (Å²) < 4.78 is 20.8. The molecule has 1 aromatic heterocycles. The van der Waals surface area contributed by atoms with Gasteiger partial charge >= 0.3 is 17.9 Å².